The van der Waals surface area contributed by atoms with Crippen molar-refractivity contribution in [2.45, 2.75) is 13.8 Å². The topological polar surface area (TPSA) is 74.6 Å². The summed E-state index contributed by atoms with van der Waals surface area (Å²) in [5.74, 6) is -2.14. The van der Waals surface area contributed by atoms with Crippen molar-refractivity contribution in [1.82, 2.24) is 0 Å². The van der Waals surface area contributed by atoms with Crippen molar-refractivity contribution in [1.29, 1.82) is 0 Å². The molecule has 0 aliphatic heterocycles. The number of rotatable bonds is 2. The highest BCUT2D eigenvalue weighted by atomic mass is 16.4. The normalized spacial score (nSPS) is 19.2. The van der Waals surface area contributed by atoms with Crippen LogP contribution in [0.1, 0.15) is 13.8 Å². The maximum atomic E-state index is 10.7. The van der Waals surface area contributed by atoms with Crippen LogP contribution in [0, 0.1) is 5.41 Å². The molecular weight excluding hydrogens is 172 g/mol. The van der Waals surface area contributed by atoms with Crippen molar-refractivity contribution in [3.8, 4) is 0 Å². The zero-order valence-corrected chi connectivity index (χ0v) is 7.37. The molecule has 0 aromatic heterocycles. The van der Waals surface area contributed by atoms with Gasteiger partial charge in [0.05, 0.1) is 0 Å². The number of hydrogen-bond donors (Lipinski definition) is 2. The summed E-state index contributed by atoms with van der Waals surface area (Å²) in [5, 5.41) is 17.5. The first-order valence-corrected chi connectivity index (χ1v) is 3.77. The van der Waals surface area contributed by atoms with Crippen LogP contribution < -0.4 is 0 Å². The van der Waals surface area contributed by atoms with E-state index in [4.69, 9.17) is 10.2 Å². The van der Waals surface area contributed by atoms with Crippen molar-refractivity contribution in [2.24, 2.45) is 5.41 Å². The summed E-state index contributed by atoms with van der Waals surface area (Å²) in [6.07, 6.45) is 2.68. The number of carboxylic acid groups (broad SMARTS) is 2. The highest BCUT2D eigenvalue weighted by Crippen LogP contribution is 2.39. The first kappa shape index (κ1) is 9.51. The summed E-state index contributed by atoms with van der Waals surface area (Å²) in [6.45, 7) is 3.17. The lowest BCUT2D eigenvalue weighted by atomic mass is 9.81. The smallest absolute Gasteiger partial charge is 0.332 e. The first-order valence-electron chi connectivity index (χ1n) is 3.77. The molecule has 0 spiro atoms. The van der Waals surface area contributed by atoms with Gasteiger partial charge in [0.25, 0.3) is 0 Å². The Morgan fingerprint density at radius 2 is 1.38 bits per heavy atom. The SMILES string of the molecule is CC1(C)C(C(=O)O)=CC=C1C(=O)O. The second-order valence-electron chi connectivity index (χ2n) is 3.40. The summed E-state index contributed by atoms with van der Waals surface area (Å²) >= 11 is 0. The standard InChI is InChI=1S/C9H10O4/c1-9(2)5(7(10)11)3-4-6(9)8(12)13/h3-4H,1-2H3,(H,10,11)(H,12,13). The maximum Gasteiger partial charge on any atom is 0.332 e. The Balaban J connectivity index is 3.07. The summed E-state index contributed by atoms with van der Waals surface area (Å²) < 4.78 is 0. The summed E-state index contributed by atoms with van der Waals surface area (Å²) in [4.78, 5) is 21.4. The third kappa shape index (κ3) is 1.35. The molecule has 13 heavy (non-hydrogen) atoms. The second-order valence-corrected chi connectivity index (χ2v) is 3.40. The van der Waals surface area contributed by atoms with E-state index < -0.39 is 17.4 Å². The molecule has 1 rings (SSSR count). The molecule has 0 amide bonds. The highest BCUT2D eigenvalue weighted by Gasteiger charge is 2.38. The van der Waals surface area contributed by atoms with E-state index in [2.05, 4.69) is 0 Å². The molecule has 0 heterocycles. The third-order valence-electron chi connectivity index (χ3n) is 2.22. The van der Waals surface area contributed by atoms with Crippen LogP contribution in [0.15, 0.2) is 23.3 Å². The number of hydrogen-bond acceptors (Lipinski definition) is 2. The van der Waals surface area contributed by atoms with E-state index in [9.17, 15) is 9.59 Å². The molecule has 0 saturated carbocycles. The van der Waals surface area contributed by atoms with Crippen LogP contribution in [-0.2, 0) is 9.59 Å². The minimum atomic E-state index is -1.07. The summed E-state index contributed by atoms with van der Waals surface area (Å²) in [7, 11) is 0. The lowest BCUT2D eigenvalue weighted by Crippen LogP contribution is -2.24. The Morgan fingerprint density at radius 3 is 1.54 bits per heavy atom. The van der Waals surface area contributed by atoms with E-state index in [0.29, 0.717) is 0 Å². The molecule has 1 aliphatic rings. The minimum Gasteiger partial charge on any atom is -0.478 e. The Hall–Kier alpha value is -1.58. The fourth-order valence-corrected chi connectivity index (χ4v) is 1.41. The van der Waals surface area contributed by atoms with E-state index in [1.54, 1.807) is 13.8 Å². The van der Waals surface area contributed by atoms with Crippen LogP contribution >= 0.6 is 0 Å². The number of allylic oxidation sites excluding steroid dienone is 2. The average Bonchev–Trinajstić information content (AvgIpc) is 2.24. The average molecular weight is 182 g/mol. The van der Waals surface area contributed by atoms with E-state index >= 15 is 0 Å². The van der Waals surface area contributed by atoms with E-state index in [-0.39, 0.29) is 11.1 Å². The van der Waals surface area contributed by atoms with E-state index in [0.717, 1.165) is 0 Å². The Labute approximate surface area is 75.2 Å². The lowest BCUT2D eigenvalue weighted by molar-refractivity contribution is -0.134. The molecule has 4 heteroatoms. The molecule has 0 bridgehead atoms. The molecule has 0 atom stereocenters. The zero-order valence-electron chi connectivity index (χ0n) is 7.37. The van der Waals surface area contributed by atoms with Crippen LogP contribution in [0.5, 0.6) is 0 Å². The van der Waals surface area contributed by atoms with Gasteiger partial charge >= 0.3 is 11.9 Å². The summed E-state index contributed by atoms with van der Waals surface area (Å²) in [6, 6.07) is 0. The van der Waals surface area contributed by atoms with Gasteiger partial charge in [-0.2, -0.15) is 0 Å². The van der Waals surface area contributed by atoms with Crippen LogP contribution in [0.4, 0.5) is 0 Å². The van der Waals surface area contributed by atoms with Crippen molar-refractivity contribution in [3.63, 3.8) is 0 Å². The van der Waals surface area contributed by atoms with Gasteiger partial charge in [0.1, 0.15) is 0 Å². The maximum absolute atomic E-state index is 10.7. The van der Waals surface area contributed by atoms with Gasteiger partial charge in [-0.05, 0) is 0 Å². The molecular formula is C9H10O4. The molecule has 2 N–H and O–H groups in total. The molecule has 4 nitrogen and oxygen atoms in total. The molecule has 0 fully saturated rings. The van der Waals surface area contributed by atoms with Crippen LogP contribution in [0.2, 0.25) is 0 Å². The monoisotopic (exact) mass is 182 g/mol. The number of aliphatic carboxylic acids is 2. The second kappa shape index (κ2) is 2.73. The van der Waals surface area contributed by atoms with Crippen molar-refractivity contribution in [2.75, 3.05) is 0 Å². The van der Waals surface area contributed by atoms with Gasteiger partial charge in [0.2, 0.25) is 0 Å². The van der Waals surface area contributed by atoms with Gasteiger partial charge in [-0.1, -0.05) is 26.0 Å². The van der Waals surface area contributed by atoms with Gasteiger partial charge in [0, 0.05) is 16.6 Å². The van der Waals surface area contributed by atoms with Crippen LogP contribution in [0.25, 0.3) is 0 Å². The van der Waals surface area contributed by atoms with E-state index in [1.165, 1.54) is 12.2 Å². The third-order valence-corrected chi connectivity index (χ3v) is 2.22. The quantitative estimate of drug-likeness (QED) is 0.669. The van der Waals surface area contributed by atoms with E-state index in [1.807, 2.05) is 0 Å². The Morgan fingerprint density at radius 1 is 1.08 bits per heavy atom. The first-order chi connectivity index (χ1) is 5.87. The Bertz CT molecular complexity index is 302. The molecule has 0 radical (unpaired) electrons. The molecule has 0 aromatic carbocycles. The lowest BCUT2D eigenvalue weighted by Gasteiger charge is -2.21. The van der Waals surface area contributed by atoms with Gasteiger partial charge in [-0.3, -0.25) is 0 Å². The van der Waals surface area contributed by atoms with Gasteiger partial charge in [0.15, 0.2) is 0 Å². The van der Waals surface area contributed by atoms with Gasteiger partial charge < -0.3 is 10.2 Å². The molecule has 0 saturated heterocycles. The molecule has 70 valence electrons. The van der Waals surface area contributed by atoms with Crippen LogP contribution in [0.3, 0.4) is 0 Å². The predicted molar refractivity (Wildman–Crippen MR) is 45.2 cm³/mol. The largest absolute Gasteiger partial charge is 0.478 e. The summed E-state index contributed by atoms with van der Waals surface area (Å²) in [5.41, 5.74) is -0.674. The number of carbonyl (C=O) groups is 2. The fourth-order valence-electron chi connectivity index (χ4n) is 1.41. The van der Waals surface area contributed by atoms with Crippen LogP contribution in [-0.4, -0.2) is 22.2 Å². The van der Waals surface area contributed by atoms with Crippen molar-refractivity contribution in [3.05, 3.63) is 23.3 Å². The van der Waals surface area contributed by atoms with Gasteiger partial charge in [-0.15, -0.1) is 0 Å². The molecule has 0 unspecified atom stereocenters. The Kier molecular flexibility index (Phi) is 1.99. The predicted octanol–water partition coefficient (Wildman–Crippen LogP) is 1.05. The fraction of sp³-hybridized carbons (Fsp3) is 0.333. The zero-order chi connectivity index (χ0) is 10.2. The van der Waals surface area contributed by atoms with Crippen molar-refractivity contribution >= 4 is 11.9 Å². The molecule has 0 aromatic rings. The highest BCUT2D eigenvalue weighted by molar-refractivity contribution is 5.98. The number of carboxylic acids is 2. The van der Waals surface area contributed by atoms with Crippen molar-refractivity contribution < 1.29 is 19.8 Å². The molecule has 1 aliphatic carbocycles. The minimum absolute atomic E-state index is 0.116. The van der Waals surface area contributed by atoms with Gasteiger partial charge in [-0.25, -0.2) is 9.59 Å².